The molecule has 0 bridgehead atoms. The van der Waals surface area contributed by atoms with Gasteiger partial charge in [0.25, 0.3) is 0 Å². The summed E-state index contributed by atoms with van der Waals surface area (Å²) in [5.74, 6) is -0.215. The van der Waals surface area contributed by atoms with E-state index in [0.29, 0.717) is 30.0 Å². The van der Waals surface area contributed by atoms with Crippen molar-refractivity contribution in [2.24, 2.45) is 0 Å². The van der Waals surface area contributed by atoms with Gasteiger partial charge in [0, 0.05) is 23.4 Å². The number of aliphatic hydroxyl groups is 1. The van der Waals surface area contributed by atoms with Crippen LogP contribution in [0, 0.1) is 0 Å². The largest absolute Gasteiger partial charge is 0.465 e. The molecule has 0 radical (unpaired) electrons. The monoisotopic (exact) mass is 481 g/mol. The Morgan fingerprint density at radius 1 is 1.18 bits per heavy atom. The van der Waals surface area contributed by atoms with Crippen molar-refractivity contribution >= 4 is 23.5 Å². The molecule has 1 heterocycles. The molecule has 1 saturated heterocycles. The normalized spacial score (nSPS) is 20.7. The van der Waals surface area contributed by atoms with Crippen molar-refractivity contribution in [1.82, 2.24) is 4.90 Å². The molecule has 1 unspecified atom stereocenters. The molecular formula is C28H32ClNO4. The second-order valence-electron chi connectivity index (χ2n) is 9.33. The highest BCUT2D eigenvalue weighted by Gasteiger charge is 2.41. The fraction of sp³-hybridized carbons (Fsp3) is 0.429. The zero-order valence-electron chi connectivity index (χ0n) is 19.6. The van der Waals surface area contributed by atoms with Crippen LogP contribution in [0.3, 0.4) is 0 Å². The Kier molecular flexibility index (Phi) is 7.74. The van der Waals surface area contributed by atoms with Gasteiger partial charge in [-0.1, -0.05) is 60.9 Å². The molecule has 1 aliphatic heterocycles. The van der Waals surface area contributed by atoms with Crippen LogP contribution >= 0.6 is 11.6 Å². The third kappa shape index (κ3) is 5.21. The van der Waals surface area contributed by atoms with Gasteiger partial charge in [0.05, 0.1) is 24.8 Å². The van der Waals surface area contributed by atoms with E-state index >= 15 is 0 Å². The lowest BCUT2D eigenvalue weighted by atomic mass is 9.74. The topological polar surface area (TPSA) is 66.8 Å². The predicted octanol–water partition coefficient (Wildman–Crippen LogP) is 5.09. The second-order valence-corrected chi connectivity index (χ2v) is 9.77. The number of likely N-dealkylation sites (tertiary alicyclic amines) is 1. The number of ether oxygens (including phenoxy) is 1. The van der Waals surface area contributed by atoms with Crippen molar-refractivity contribution in [2.45, 2.75) is 62.5 Å². The van der Waals surface area contributed by atoms with Crippen molar-refractivity contribution in [1.29, 1.82) is 0 Å². The zero-order chi connectivity index (χ0) is 24.1. The Hall–Kier alpha value is -2.63. The number of aliphatic hydroxyl groups excluding tert-OH is 1. The minimum atomic E-state index is -0.611. The van der Waals surface area contributed by atoms with Gasteiger partial charge in [-0.25, -0.2) is 4.79 Å². The molecule has 2 aromatic carbocycles. The van der Waals surface area contributed by atoms with E-state index in [0.717, 1.165) is 43.2 Å². The van der Waals surface area contributed by atoms with Crippen molar-refractivity contribution < 1.29 is 19.4 Å². The molecule has 6 heteroatoms. The van der Waals surface area contributed by atoms with Crippen LogP contribution in [-0.4, -0.2) is 47.7 Å². The minimum absolute atomic E-state index is 0.0137. The van der Waals surface area contributed by atoms with Gasteiger partial charge in [0.1, 0.15) is 0 Å². The van der Waals surface area contributed by atoms with Gasteiger partial charge < -0.3 is 14.7 Å². The van der Waals surface area contributed by atoms with Crippen LogP contribution in [0.4, 0.5) is 0 Å². The lowest BCUT2D eigenvalue weighted by Gasteiger charge is -2.34. The predicted molar refractivity (Wildman–Crippen MR) is 133 cm³/mol. The third-order valence-corrected chi connectivity index (χ3v) is 7.64. The highest BCUT2D eigenvalue weighted by molar-refractivity contribution is 6.30. The summed E-state index contributed by atoms with van der Waals surface area (Å²) in [4.78, 5) is 26.1. The molecular weight excluding hydrogens is 450 g/mol. The highest BCUT2D eigenvalue weighted by Crippen LogP contribution is 2.44. The summed E-state index contributed by atoms with van der Waals surface area (Å²) in [7, 11) is 1.36. The molecule has 1 N–H and O–H groups in total. The average molecular weight is 482 g/mol. The second kappa shape index (κ2) is 10.7. The summed E-state index contributed by atoms with van der Waals surface area (Å²) in [6.07, 6.45) is 9.37. The average Bonchev–Trinajstić information content (AvgIpc) is 3.49. The smallest absolute Gasteiger partial charge is 0.337 e. The Morgan fingerprint density at radius 2 is 1.85 bits per heavy atom. The van der Waals surface area contributed by atoms with Gasteiger partial charge >= 0.3 is 5.97 Å². The molecule has 5 nitrogen and oxygen atoms in total. The summed E-state index contributed by atoms with van der Waals surface area (Å²) >= 11 is 6.09. The van der Waals surface area contributed by atoms with Crippen LogP contribution in [0.1, 0.15) is 60.0 Å². The number of halogens is 1. The molecule has 1 saturated carbocycles. The van der Waals surface area contributed by atoms with Crippen molar-refractivity contribution in [2.75, 3.05) is 13.7 Å². The van der Waals surface area contributed by atoms with E-state index in [1.54, 1.807) is 12.1 Å². The van der Waals surface area contributed by atoms with Gasteiger partial charge in [-0.15, -0.1) is 0 Å². The summed E-state index contributed by atoms with van der Waals surface area (Å²) in [6, 6.07) is 15.1. The Bertz CT molecular complexity index is 1030. The summed E-state index contributed by atoms with van der Waals surface area (Å²) in [6.45, 7) is 0.601. The van der Waals surface area contributed by atoms with E-state index < -0.39 is 6.10 Å². The first-order valence-electron chi connectivity index (χ1n) is 12.0. The van der Waals surface area contributed by atoms with Crippen LogP contribution in [0.5, 0.6) is 0 Å². The van der Waals surface area contributed by atoms with Gasteiger partial charge in [-0.2, -0.15) is 0 Å². The molecule has 2 aliphatic rings. The standard InChI is InChI=1S/C28H32ClNO4/c1-34-27(33)21-6-4-20(5-7-21)16-19-30-24(13-15-26(30)32)12-14-25(31)28(17-2-3-18-28)22-8-10-23(29)11-9-22/h4-12,14,24-25,31H,2-3,13,15-19H2,1H3/b14-12+/t24-,25?/m0/s1. The van der Waals surface area contributed by atoms with Crippen LogP contribution in [-0.2, 0) is 21.4 Å². The number of carbonyl (C=O) groups excluding carboxylic acids is 2. The van der Waals surface area contributed by atoms with Gasteiger partial charge in [-0.05, 0) is 61.1 Å². The molecule has 0 aromatic heterocycles. The molecule has 1 aliphatic carbocycles. The molecule has 1 amide bonds. The Morgan fingerprint density at radius 3 is 2.50 bits per heavy atom. The molecule has 2 aromatic rings. The molecule has 2 atom stereocenters. The number of carbonyl (C=O) groups is 2. The number of hydrogen-bond acceptors (Lipinski definition) is 4. The quantitative estimate of drug-likeness (QED) is 0.421. The Balaban J connectivity index is 1.42. The van der Waals surface area contributed by atoms with Crippen LogP contribution in [0.25, 0.3) is 0 Å². The van der Waals surface area contributed by atoms with Gasteiger partial charge in [0.15, 0.2) is 0 Å². The number of esters is 1. The third-order valence-electron chi connectivity index (χ3n) is 7.39. The summed E-state index contributed by atoms with van der Waals surface area (Å²) < 4.78 is 4.74. The van der Waals surface area contributed by atoms with Crippen molar-refractivity contribution in [3.8, 4) is 0 Å². The first-order chi connectivity index (χ1) is 16.4. The number of rotatable bonds is 8. The lowest BCUT2D eigenvalue weighted by molar-refractivity contribution is -0.128. The van der Waals surface area contributed by atoms with E-state index in [1.807, 2.05) is 53.5 Å². The fourth-order valence-electron chi connectivity index (χ4n) is 5.38. The zero-order valence-corrected chi connectivity index (χ0v) is 20.3. The number of hydrogen-bond donors (Lipinski definition) is 1. The van der Waals surface area contributed by atoms with Crippen LogP contribution in [0.2, 0.25) is 5.02 Å². The van der Waals surface area contributed by atoms with Crippen LogP contribution < -0.4 is 0 Å². The first-order valence-corrected chi connectivity index (χ1v) is 12.4. The number of methoxy groups -OCH3 is 1. The number of benzene rings is 2. The SMILES string of the molecule is COC(=O)c1ccc(CCN2C(=O)CC[C@@H]2/C=C/C(O)C2(c3ccc(Cl)cc3)CCCC2)cc1. The van der Waals surface area contributed by atoms with Crippen molar-refractivity contribution in [3.63, 3.8) is 0 Å². The number of amides is 1. The maximum atomic E-state index is 12.6. The Labute approximate surface area is 206 Å². The van der Waals surface area contributed by atoms with E-state index in [9.17, 15) is 14.7 Å². The maximum absolute atomic E-state index is 12.6. The minimum Gasteiger partial charge on any atom is -0.465 e. The molecule has 2 fully saturated rings. The molecule has 34 heavy (non-hydrogen) atoms. The van der Waals surface area contributed by atoms with Crippen molar-refractivity contribution in [3.05, 3.63) is 82.4 Å². The van der Waals surface area contributed by atoms with E-state index in [1.165, 1.54) is 7.11 Å². The van der Waals surface area contributed by atoms with Crippen LogP contribution in [0.15, 0.2) is 60.7 Å². The van der Waals surface area contributed by atoms with Gasteiger partial charge in [-0.3, -0.25) is 4.79 Å². The molecule has 0 spiro atoms. The summed E-state index contributed by atoms with van der Waals surface area (Å²) in [5.41, 5.74) is 2.40. The lowest BCUT2D eigenvalue weighted by Crippen LogP contribution is -2.37. The van der Waals surface area contributed by atoms with E-state index in [4.69, 9.17) is 16.3 Å². The maximum Gasteiger partial charge on any atom is 0.337 e. The van der Waals surface area contributed by atoms with Gasteiger partial charge in [0.2, 0.25) is 5.91 Å². The molecule has 4 rings (SSSR count). The number of nitrogens with zero attached hydrogens (tertiary/aromatic N) is 1. The summed E-state index contributed by atoms with van der Waals surface area (Å²) in [5, 5.41) is 12.0. The first kappa shape index (κ1) is 24.5. The fourth-order valence-corrected chi connectivity index (χ4v) is 5.51. The van der Waals surface area contributed by atoms with E-state index in [-0.39, 0.29) is 23.3 Å². The van der Waals surface area contributed by atoms with E-state index in [2.05, 4.69) is 0 Å². The highest BCUT2D eigenvalue weighted by atomic mass is 35.5. The molecule has 180 valence electrons.